The van der Waals surface area contributed by atoms with Gasteiger partial charge in [-0.05, 0) is 62.1 Å². The van der Waals surface area contributed by atoms with Crippen molar-refractivity contribution in [1.29, 1.82) is 10.8 Å². The Hall–Kier alpha value is -3.65. The number of hydrogen-bond donors (Lipinski definition) is 4. The summed E-state index contributed by atoms with van der Waals surface area (Å²) in [6.45, 7) is 3.06. The van der Waals surface area contributed by atoms with Crippen LogP contribution in [0.15, 0.2) is 53.1 Å². The lowest BCUT2D eigenvalue weighted by Crippen LogP contribution is -2.34. The molecular weight excluding hydrogens is 404 g/mol. The van der Waals surface area contributed by atoms with Crippen LogP contribution in [0.2, 0.25) is 0 Å². The number of hydrogen-bond acceptors (Lipinski definition) is 6. The Balaban J connectivity index is 1.68. The predicted octanol–water partition coefficient (Wildman–Crippen LogP) is 2.79. The highest BCUT2D eigenvalue weighted by molar-refractivity contribution is 5.78. The second-order valence-electron chi connectivity index (χ2n) is 8.13. The van der Waals surface area contributed by atoms with E-state index in [0.717, 1.165) is 17.6 Å². The molecule has 1 unspecified atom stereocenters. The van der Waals surface area contributed by atoms with Gasteiger partial charge in [0.2, 0.25) is 0 Å². The minimum Gasteiger partial charge on any atom is -0.383 e. The molecule has 0 saturated heterocycles. The number of dihydropyridines is 1. The lowest BCUT2D eigenvalue weighted by Gasteiger charge is -2.28. The van der Waals surface area contributed by atoms with Crippen molar-refractivity contribution in [2.45, 2.75) is 26.0 Å². The average molecular weight is 431 g/mol. The zero-order chi connectivity index (χ0) is 22.2. The van der Waals surface area contributed by atoms with E-state index in [2.05, 4.69) is 16.7 Å². The molecular formula is C24H26N6O2. The first kappa shape index (κ1) is 20.3. The highest BCUT2D eigenvalue weighted by Gasteiger charge is 2.28. The summed E-state index contributed by atoms with van der Waals surface area (Å²) in [4.78, 5) is 13.8. The number of ether oxygens (including phenoxy) is 1. The van der Waals surface area contributed by atoms with Crippen molar-refractivity contribution >= 4 is 23.9 Å². The first-order chi connectivity index (χ1) is 15.6. The molecule has 8 nitrogen and oxygen atoms in total. The van der Waals surface area contributed by atoms with Crippen LogP contribution in [0.5, 0.6) is 0 Å². The Morgan fingerprint density at radius 3 is 2.81 bits per heavy atom. The van der Waals surface area contributed by atoms with Crippen molar-refractivity contribution < 1.29 is 4.74 Å². The van der Waals surface area contributed by atoms with E-state index in [1.54, 1.807) is 22.9 Å². The van der Waals surface area contributed by atoms with Gasteiger partial charge in [0.1, 0.15) is 17.5 Å². The summed E-state index contributed by atoms with van der Waals surface area (Å²) in [5.41, 5.74) is 4.17. The van der Waals surface area contributed by atoms with Gasteiger partial charge in [-0.1, -0.05) is 6.08 Å². The summed E-state index contributed by atoms with van der Waals surface area (Å²) < 4.78 is 8.83. The molecule has 3 aliphatic rings. The molecule has 5 rings (SSSR count). The summed E-state index contributed by atoms with van der Waals surface area (Å²) in [6.07, 6.45) is 12.8. The van der Waals surface area contributed by atoms with E-state index in [9.17, 15) is 4.79 Å². The van der Waals surface area contributed by atoms with Crippen molar-refractivity contribution in [3.8, 4) is 11.1 Å². The molecule has 2 aromatic heterocycles. The highest BCUT2D eigenvalue weighted by atomic mass is 16.5. The van der Waals surface area contributed by atoms with Gasteiger partial charge in [-0.25, -0.2) is 0 Å². The van der Waals surface area contributed by atoms with Gasteiger partial charge in [-0.3, -0.25) is 24.7 Å². The number of fused-ring (bicyclic) bond motifs is 1. The summed E-state index contributed by atoms with van der Waals surface area (Å²) in [7, 11) is 0. The maximum absolute atomic E-state index is 13.8. The third kappa shape index (κ3) is 3.62. The fourth-order valence-electron chi connectivity index (χ4n) is 4.15. The molecule has 1 fully saturated rings. The standard InChI is InChI=1S/C24H26N6O2/c1-2-32-22-10-6-16-11-19(17-5-9-21(26)29(13-17)14-25)24(31)30(23(16)28-22)18-7-8-20(27-12-18)15-3-4-15/h5-11,13-15,22,25-28H,2-4,12H2,1H3. The van der Waals surface area contributed by atoms with Gasteiger partial charge in [-0.2, -0.15) is 0 Å². The third-order valence-electron chi connectivity index (χ3n) is 5.97. The number of allylic oxidation sites excluding steroid dienone is 3. The Bertz CT molecular complexity index is 1290. The van der Waals surface area contributed by atoms with Gasteiger partial charge in [0.05, 0.1) is 12.9 Å². The Morgan fingerprint density at radius 2 is 2.12 bits per heavy atom. The maximum atomic E-state index is 13.8. The highest BCUT2D eigenvalue weighted by Crippen LogP contribution is 2.36. The molecule has 1 aliphatic carbocycles. The van der Waals surface area contributed by atoms with E-state index in [0.29, 0.717) is 36.0 Å². The quantitative estimate of drug-likeness (QED) is 0.417. The molecule has 2 aromatic rings. The van der Waals surface area contributed by atoms with Crippen LogP contribution in [0.1, 0.15) is 25.3 Å². The summed E-state index contributed by atoms with van der Waals surface area (Å²) in [6, 6.07) is 5.20. The molecule has 4 N–H and O–H groups in total. The zero-order valence-electron chi connectivity index (χ0n) is 17.9. The first-order valence-electron chi connectivity index (χ1n) is 10.9. The molecule has 2 aliphatic heterocycles. The number of rotatable bonds is 6. The monoisotopic (exact) mass is 430 g/mol. The van der Waals surface area contributed by atoms with E-state index in [1.807, 2.05) is 31.2 Å². The van der Waals surface area contributed by atoms with Gasteiger partial charge < -0.3 is 15.4 Å². The van der Waals surface area contributed by atoms with Gasteiger partial charge >= 0.3 is 0 Å². The normalized spacial score (nSPS) is 19.3. The second kappa shape index (κ2) is 8.12. The maximum Gasteiger partial charge on any atom is 0.264 e. The molecule has 0 amide bonds. The van der Waals surface area contributed by atoms with Crippen LogP contribution in [0, 0.1) is 16.7 Å². The van der Waals surface area contributed by atoms with E-state index in [4.69, 9.17) is 15.6 Å². The van der Waals surface area contributed by atoms with E-state index in [1.165, 1.54) is 23.1 Å². The fourth-order valence-corrected chi connectivity index (χ4v) is 4.15. The molecule has 32 heavy (non-hydrogen) atoms. The SMILES string of the molecule is CCOC1C=Cc2cc(-c3ccc(=N)n(C=N)c3)c(=O)n(C3=CC=C(C4CC4)NC3)c2N1. The van der Waals surface area contributed by atoms with E-state index < -0.39 is 0 Å². The lowest BCUT2D eigenvalue weighted by atomic mass is 10.0. The van der Waals surface area contributed by atoms with Crippen LogP contribution in [0.3, 0.4) is 0 Å². The number of pyridine rings is 2. The largest absolute Gasteiger partial charge is 0.383 e. The molecule has 0 aromatic carbocycles. The van der Waals surface area contributed by atoms with Crippen molar-refractivity contribution in [1.82, 2.24) is 14.5 Å². The molecule has 1 atom stereocenters. The Labute approximate surface area is 185 Å². The molecule has 0 spiro atoms. The Kier molecular flexibility index (Phi) is 5.14. The van der Waals surface area contributed by atoms with Crippen LogP contribution >= 0.6 is 0 Å². The van der Waals surface area contributed by atoms with Gasteiger partial charge in [-0.15, -0.1) is 0 Å². The second-order valence-corrected chi connectivity index (χ2v) is 8.13. The third-order valence-corrected chi connectivity index (χ3v) is 5.97. The molecule has 4 heterocycles. The van der Waals surface area contributed by atoms with Crippen LogP contribution in [0.25, 0.3) is 22.9 Å². The van der Waals surface area contributed by atoms with Crippen molar-refractivity contribution in [3.63, 3.8) is 0 Å². The van der Waals surface area contributed by atoms with Crippen LogP contribution < -0.4 is 21.7 Å². The van der Waals surface area contributed by atoms with Crippen molar-refractivity contribution in [3.05, 3.63) is 69.7 Å². The molecule has 8 heteroatoms. The van der Waals surface area contributed by atoms with Gasteiger partial charge in [0.25, 0.3) is 5.56 Å². The van der Waals surface area contributed by atoms with Gasteiger partial charge in [0.15, 0.2) is 0 Å². The number of nitrogens with zero attached hydrogens (tertiary/aromatic N) is 2. The fraction of sp³-hybridized carbons (Fsp3) is 0.292. The van der Waals surface area contributed by atoms with Crippen LogP contribution in [-0.4, -0.2) is 34.9 Å². The molecule has 1 saturated carbocycles. The topological polar surface area (TPSA) is 108 Å². The van der Waals surface area contributed by atoms with Gasteiger partial charge in [0, 0.05) is 40.9 Å². The van der Waals surface area contributed by atoms with Crippen molar-refractivity contribution in [2.24, 2.45) is 5.92 Å². The Morgan fingerprint density at radius 1 is 1.28 bits per heavy atom. The number of anilines is 1. The van der Waals surface area contributed by atoms with Crippen LogP contribution in [0.4, 0.5) is 5.82 Å². The summed E-state index contributed by atoms with van der Waals surface area (Å²) in [5, 5.41) is 22.3. The smallest absolute Gasteiger partial charge is 0.264 e. The average Bonchev–Trinajstić information content (AvgIpc) is 3.65. The minimum atomic E-state index is -0.304. The minimum absolute atomic E-state index is 0.160. The van der Waals surface area contributed by atoms with E-state index >= 15 is 0 Å². The molecule has 0 bridgehead atoms. The summed E-state index contributed by atoms with van der Waals surface area (Å²) >= 11 is 0. The number of aromatic nitrogens is 2. The molecule has 164 valence electrons. The summed E-state index contributed by atoms with van der Waals surface area (Å²) in [5.74, 6) is 1.32. The predicted molar refractivity (Wildman–Crippen MR) is 125 cm³/mol. The first-order valence-corrected chi connectivity index (χ1v) is 10.9. The number of nitrogens with one attached hydrogen (secondary N) is 4. The lowest BCUT2D eigenvalue weighted by molar-refractivity contribution is 0.115. The zero-order valence-corrected chi connectivity index (χ0v) is 17.9. The molecule has 0 radical (unpaired) electrons. The van der Waals surface area contributed by atoms with Crippen molar-refractivity contribution in [2.75, 3.05) is 18.5 Å². The van der Waals surface area contributed by atoms with Crippen LogP contribution in [-0.2, 0) is 4.74 Å². The van der Waals surface area contributed by atoms with E-state index in [-0.39, 0.29) is 17.3 Å².